The zero-order chi connectivity index (χ0) is 22.5. The Balaban J connectivity index is 1.51. The Labute approximate surface area is 180 Å². The molecule has 2 aromatic rings. The second kappa shape index (κ2) is 9.82. The van der Waals surface area contributed by atoms with Crippen LogP contribution in [-0.2, 0) is 27.4 Å². The minimum atomic E-state index is -4.57. The van der Waals surface area contributed by atoms with Crippen LogP contribution in [0.15, 0.2) is 54.6 Å². The highest BCUT2D eigenvalue weighted by Gasteiger charge is 2.35. The zero-order valence-electron chi connectivity index (χ0n) is 16.9. The topological polar surface area (TPSA) is 66.5 Å². The van der Waals surface area contributed by atoms with E-state index in [9.17, 15) is 26.4 Å². The summed E-state index contributed by atoms with van der Waals surface area (Å²) in [6, 6.07) is 14.4. The molecule has 0 bridgehead atoms. The lowest BCUT2D eigenvalue weighted by atomic mass is 9.97. The number of alkyl halides is 3. The molecule has 168 valence electrons. The fraction of sp³-hybridized carbons (Fsp3) is 0.409. The first-order valence-corrected chi connectivity index (χ1v) is 11.8. The lowest BCUT2D eigenvalue weighted by molar-refractivity contribution is -0.137. The van der Waals surface area contributed by atoms with Crippen LogP contribution >= 0.6 is 0 Å². The maximum atomic E-state index is 13.1. The second-order valence-corrected chi connectivity index (χ2v) is 9.70. The quantitative estimate of drug-likeness (QED) is 0.678. The van der Waals surface area contributed by atoms with Crippen LogP contribution < -0.4 is 5.32 Å². The molecule has 0 saturated carbocycles. The summed E-state index contributed by atoms with van der Waals surface area (Å²) in [6.07, 6.45) is -2.85. The molecule has 5 nitrogen and oxygen atoms in total. The smallest absolute Gasteiger partial charge is 0.325 e. The van der Waals surface area contributed by atoms with E-state index < -0.39 is 33.6 Å². The lowest BCUT2D eigenvalue weighted by Gasteiger charge is -2.30. The van der Waals surface area contributed by atoms with Gasteiger partial charge in [0.05, 0.1) is 17.0 Å². The van der Waals surface area contributed by atoms with Gasteiger partial charge in [0.15, 0.2) is 0 Å². The average molecular weight is 455 g/mol. The summed E-state index contributed by atoms with van der Waals surface area (Å²) < 4.78 is 65.9. The Kier molecular flexibility index (Phi) is 7.38. The molecule has 0 radical (unpaired) electrons. The highest BCUT2D eigenvalue weighted by molar-refractivity contribution is 7.89. The van der Waals surface area contributed by atoms with Crippen molar-refractivity contribution in [3.63, 3.8) is 0 Å². The molecule has 0 unspecified atom stereocenters. The molecule has 0 spiro atoms. The minimum absolute atomic E-state index is 0.0255. The first-order valence-electron chi connectivity index (χ1n) is 10.2. The lowest BCUT2D eigenvalue weighted by Crippen LogP contribution is -2.42. The molecule has 1 heterocycles. The summed E-state index contributed by atoms with van der Waals surface area (Å²) in [5.41, 5.74) is -0.107. The summed E-state index contributed by atoms with van der Waals surface area (Å²) >= 11 is 0. The first-order chi connectivity index (χ1) is 14.7. The van der Waals surface area contributed by atoms with Crippen molar-refractivity contribution in [1.82, 2.24) is 4.31 Å². The number of piperidine rings is 1. The van der Waals surface area contributed by atoms with Gasteiger partial charge in [0.2, 0.25) is 15.9 Å². The maximum absolute atomic E-state index is 13.1. The van der Waals surface area contributed by atoms with Crippen molar-refractivity contribution in [2.24, 2.45) is 5.92 Å². The molecule has 0 atom stereocenters. The molecular formula is C22H25F3N2O3S. The number of carbonyl (C=O) groups excluding carboxylic acids is 1. The number of para-hydroxylation sites is 1. The Morgan fingerprint density at radius 1 is 1.00 bits per heavy atom. The van der Waals surface area contributed by atoms with E-state index in [-0.39, 0.29) is 37.4 Å². The standard InChI is InChI=1S/C22H25F3N2O3S/c23-22(24,25)19-10-4-5-11-20(19)26-21(28)18-12-14-27(15-13-18)31(29,30)16-6-9-17-7-2-1-3-8-17/h1-5,7-8,10-11,18H,6,9,12-16H2,(H,26,28). The third kappa shape index (κ3) is 6.30. The van der Waals surface area contributed by atoms with E-state index in [4.69, 9.17) is 0 Å². The third-order valence-electron chi connectivity index (χ3n) is 5.42. The molecular weight excluding hydrogens is 429 g/mol. The summed E-state index contributed by atoms with van der Waals surface area (Å²) in [6.45, 7) is 0.374. The Morgan fingerprint density at radius 2 is 1.61 bits per heavy atom. The van der Waals surface area contributed by atoms with Gasteiger partial charge in [-0.25, -0.2) is 12.7 Å². The van der Waals surface area contributed by atoms with Crippen LogP contribution in [0.3, 0.4) is 0 Å². The van der Waals surface area contributed by atoms with Crippen LogP contribution in [0.1, 0.15) is 30.4 Å². The van der Waals surface area contributed by atoms with Crippen molar-refractivity contribution in [2.75, 3.05) is 24.2 Å². The molecule has 3 rings (SSSR count). The Morgan fingerprint density at radius 3 is 2.26 bits per heavy atom. The van der Waals surface area contributed by atoms with Gasteiger partial charge in [0.1, 0.15) is 0 Å². The van der Waals surface area contributed by atoms with Crippen LogP contribution in [0.25, 0.3) is 0 Å². The molecule has 1 aliphatic heterocycles. The van der Waals surface area contributed by atoms with Gasteiger partial charge in [-0.15, -0.1) is 0 Å². The van der Waals surface area contributed by atoms with Crippen molar-refractivity contribution in [2.45, 2.75) is 31.9 Å². The number of halogens is 3. The van der Waals surface area contributed by atoms with Crippen molar-refractivity contribution in [3.8, 4) is 0 Å². The van der Waals surface area contributed by atoms with E-state index in [1.807, 2.05) is 30.3 Å². The van der Waals surface area contributed by atoms with Gasteiger partial charge in [-0.05, 0) is 43.4 Å². The van der Waals surface area contributed by atoms with Crippen molar-refractivity contribution in [3.05, 3.63) is 65.7 Å². The van der Waals surface area contributed by atoms with E-state index in [0.29, 0.717) is 12.8 Å². The number of aryl methyl sites for hydroxylation is 1. The number of hydrogen-bond donors (Lipinski definition) is 1. The van der Waals surface area contributed by atoms with Gasteiger partial charge in [-0.3, -0.25) is 4.79 Å². The third-order valence-corrected chi connectivity index (χ3v) is 7.38. The predicted molar refractivity (Wildman–Crippen MR) is 113 cm³/mol. The second-order valence-electron chi connectivity index (χ2n) is 7.61. The van der Waals surface area contributed by atoms with Gasteiger partial charge in [-0.2, -0.15) is 13.2 Å². The van der Waals surface area contributed by atoms with Crippen molar-refractivity contribution in [1.29, 1.82) is 0 Å². The summed E-state index contributed by atoms with van der Waals surface area (Å²) in [5.74, 6) is -1.02. The molecule has 0 aliphatic carbocycles. The van der Waals surface area contributed by atoms with E-state index in [1.165, 1.54) is 22.5 Å². The van der Waals surface area contributed by atoms with Gasteiger partial charge >= 0.3 is 6.18 Å². The molecule has 1 aliphatic rings. The monoisotopic (exact) mass is 454 g/mol. The van der Waals surface area contributed by atoms with Crippen LogP contribution in [-0.4, -0.2) is 37.5 Å². The molecule has 1 N–H and O–H groups in total. The fourth-order valence-corrected chi connectivity index (χ4v) is 5.24. The van der Waals surface area contributed by atoms with Crippen LogP contribution in [0.4, 0.5) is 18.9 Å². The zero-order valence-corrected chi connectivity index (χ0v) is 17.8. The molecule has 1 fully saturated rings. The van der Waals surface area contributed by atoms with Crippen LogP contribution in [0, 0.1) is 5.92 Å². The highest BCUT2D eigenvalue weighted by atomic mass is 32.2. The number of sulfonamides is 1. The Hall–Kier alpha value is -2.39. The SMILES string of the molecule is O=C(Nc1ccccc1C(F)(F)F)C1CCN(S(=O)(=O)CCCc2ccccc2)CC1. The molecule has 1 amide bonds. The average Bonchev–Trinajstić information content (AvgIpc) is 2.74. The summed E-state index contributed by atoms with van der Waals surface area (Å²) in [7, 11) is -3.43. The van der Waals surface area contributed by atoms with Crippen molar-refractivity contribution >= 4 is 21.6 Å². The maximum Gasteiger partial charge on any atom is 0.418 e. The van der Waals surface area contributed by atoms with E-state index >= 15 is 0 Å². The summed E-state index contributed by atoms with van der Waals surface area (Å²) in [4.78, 5) is 12.5. The van der Waals surface area contributed by atoms with Crippen LogP contribution in [0.5, 0.6) is 0 Å². The fourth-order valence-electron chi connectivity index (χ4n) is 3.70. The van der Waals surface area contributed by atoms with E-state index in [0.717, 1.165) is 11.6 Å². The normalized spacial score (nSPS) is 16.2. The number of nitrogens with zero attached hydrogens (tertiary/aromatic N) is 1. The summed E-state index contributed by atoms with van der Waals surface area (Å²) in [5, 5.41) is 2.37. The number of benzene rings is 2. The predicted octanol–water partition coefficient (Wildman–Crippen LogP) is 4.32. The minimum Gasteiger partial charge on any atom is -0.325 e. The number of amides is 1. The molecule has 1 saturated heterocycles. The van der Waals surface area contributed by atoms with E-state index in [1.54, 1.807) is 0 Å². The largest absolute Gasteiger partial charge is 0.418 e. The number of hydrogen-bond acceptors (Lipinski definition) is 3. The van der Waals surface area contributed by atoms with Gasteiger partial charge < -0.3 is 5.32 Å². The highest BCUT2D eigenvalue weighted by Crippen LogP contribution is 2.35. The van der Waals surface area contributed by atoms with E-state index in [2.05, 4.69) is 5.32 Å². The first kappa shape index (κ1) is 23.3. The Bertz CT molecular complexity index is 987. The number of carbonyl (C=O) groups is 1. The molecule has 9 heteroatoms. The van der Waals surface area contributed by atoms with Gasteiger partial charge in [0.25, 0.3) is 0 Å². The van der Waals surface area contributed by atoms with Crippen LogP contribution in [0.2, 0.25) is 0 Å². The molecule has 0 aromatic heterocycles. The number of nitrogens with one attached hydrogen (secondary N) is 1. The van der Waals surface area contributed by atoms with Gasteiger partial charge in [-0.1, -0.05) is 42.5 Å². The van der Waals surface area contributed by atoms with Gasteiger partial charge in [0, 0.05) is 19.0 Å². The number of rotatable bonds is 7. The molecule has 31 heavy (non-hydrogen) atoms. The number of anilines is 1. The molecule has 2 aromatic carbocycles. The van der Waals surface area contributed by atoms with Crippen molar-refractivity contribution < 1.29 is 26.4 Å².